The molecule has 0 saturated carbocycles. The van der Waals surface area contributed by atoms with Gasteiger partial charge in [-0.1, -0.05) is 0 Å². The third-order valence-corrected chi connectivity index (χ3v) is 1.88. The second kappa shape index (κ2) is 2.50. The van der Waals surface area contributed by atoms with Crippen LogP contribution in [0.3, 0.4) is 0 Å². The Hall–Kier alpha value is -1.49. The Bertz CT molecular complexity index is 392. The summed E-state index contributed by atoms with van der Waals surface area (Å²) < 4.78 is 25.6. The number of fused-ring (bicyclic) bond motifs is 1. The highest BCUT2D eigenvalue weighted by Crippen LogP contribution is 2.33. The summed E-state index contributed by atoms with van der Waals surface area (Å²) in [6.07, 6.45) is -1.47. The third-order valence-electron chi connectivity index (χ3n) is 1.88. The summed E-state index contributed by atoms with van der Waals surface area (Å²) in [4.78, 5) is 10.8. The molecule has 5 heteroatoms. The number of nitrogens with one attached hydrogen (secondary N) is 1. The topological polar surface area (TPSA) is 49.3 Å². The van der Waals surface area contributed by atoms with E-state index in [0.29, 0.717) is 6.07 Å². The van der Waals surface area contributed by atoms with E-state index in [9.17, 15) is 13.6 Å². The molecule has 1 atom stereocenters. The van der Waals surface area contributed by atoms with Crippen molar-refractivity contribution in [3.63, 3.8) is 0 Å². The molecule has 2 N–H and O–H groups in total. The molecule has 0 aromatic heterocycles. The monoisotopic (exact) mass is 185 g/mol. The first-order chi connectivity index (χ1) is 6.09. The predicted molar refractivity (Wildman–Crippen MR) is 39.9 cm³/mol. The maximum Gasteiger partial charge on any atom is 0.258 e. The highest BCUT2D eigenvalue weighted by molar-refractivity contribution is 6.01. The van der Waals surface area contributed by atoms with Crippen molar-refractivity contribution in [2.45, 2.75) is 6.10 Å². The van der Waals surface area contributed by atoms with Gasteiger partial charge in [0.25, 0.3) is 5.91 Å². The van der Waals surface area contributed by atoms with Crippen molar-refractivity contribution in [3.8, 4) is 0 Å². The van der Waals surface area contributed by atoms with Gasteiger partial charge in [0.2, 0.25) is 0 Å². The normalized spacial score (nSPS) is 19.9. The van der Waals surface area contributed by atoms with E-state index in [4.69, 9.17) is 5.11 Å². The maximum absolute atomic E-state index is 12.9. The Balaban J connectivity index is 2.63. The molecule has 0 bridgehead atoms. The van der Waals surface area contributed by atoms with Crippen molar-refractivity contribution < 1.29 is 18.7 Å². The van der Waals surface area contributed by atoms with Crippen molar-refractivity contribution in [2.24, 2.45) is 0 Å². The Labute approximate surface area is 72.0 Å². The van der Waals surface area contributed by atoms with Crippen LogP contribution in [0, 0.1) is 11.6 Å². The standard InChI is InChI=1S/C8H5F2NO2/c9-3-1-4-6(5(10)2-3)11-8(13)7(4)12/h1-2,7,12H,(H,11,13). The fourth-order valence-corrected chi connectivity index (χ4v) is 1.27. The molecule has 1 unspecified atom stereocenters. The van der Waals surface area contributed by atoms with Crippen LogP contribution in [0.5, 0.6) is 0 Å². The molecule has 2 rings (SSSR count). The number of carbonyl (C=O) groups is 1. The minimum atomic E-state index is -1.47. The van der Waals surface area contributed by atoms with Gasteiger partial charge < -0.3 is 10.4 Å². The number of hydrogen-bond donors (Lipinski definition) is 2. The van der Waals surface area contributed by atoms with Gasteiger partial charge in [0.1, 0.15) is 11.6 Å². The van der Waals surface area contributed by atoms with Crippen LogP contribution in [-0.4, -0.2) is 11.0 Å². The van der Waals surface area contributed by atoms with Crippen LogP contribution < -0.4 is 5.32 Å². The van der Waals surface area contributed by atoms with E-state index in [1.54, 1.807) is 0 Å². The minimum Gasteiger partial charge on any atom is -0.378 e. The van der Waals surface area contributed by atoms with Crippen molar-refractivity contribution in [1.82, 2.24) is 0 Å². The lowest BCUT2D eigenvalue weighted by Gasteiger charge is -2.00. The number of hydrogen-bond acceptors (Lipinski definition) is 2. The number of amides is 1. The zero-order chi connectivity index (χ0) is 9.59. The Morgan fingerprint density at radius 2 is 2.08 bits per heavy atom. The number of carbonyl (C=O) groups excluding carboxylic acids is 1. The van der Waals surface area contributed by atoms with Crippen LogP contribution >= 0.6 is 0 Å². The van der Waals surface area contributed by atoms with Gasteiger partial charge in [0, 0.05) is 11.6 Å². The van der Waals surface area contributed by atoms with Gasteiger partial charge in [0.15, 0.2) is 6.10 Å². The first-order valence-corrected chi connectivity index (χ1v) is 3.57. The molecule has 1 aromatic rings. The summed E-state index contributed by atoms with van der Waals surface area (Å²) in [5.41, 5.74) is -0.193. The van der Waals surface area contributed by atoms with E-state index in [1.807, 2.05) is 0 Å². The van der Waals surface area contributed by atoms with Crippen LogP contribution in [-0.2, 0) is 4.79 Å². The average Bonchev–Trinajstić information content (AvgIpc) is 2.32. The molecular weight excluding hydrogens is 180 g/mol. The molecule has 3 nitrogen and oxygen atoms in total. The summed E-state index contributed by atoms with van der Waals surface area (Å²) in [5.74, 6) is -2.42. The Morgan fingerprint density at radius 1 is 1.38 bits per heavy atom. The largest absolute Gasteiger partial charge is 0.378 e. The molecule has 1 aliphatic heterocycles. The van der Waals surface area contributed by atoms with Crippen molar-refractivity contribution >= 4 is 11.6 Å². The summed E-state index contributed by atoms with van der Waals surface area (Å²) >= 11 is 0. The molecule has 0 spiro atoms. The lowest BCUT2D eigenvalue weighted by Crippen LogP contribution is -2.10. The summed E-state index contributed by atoms with van der Waals surface area (Å²) in [5, 5.41) is 11.3. The van der Waals surface area contributed by atoms with Gasteiger partial charge in [-0.05, 0) is 6.07 Å². The van der Waals surface area contributed by atoms with Gasteiger partial charge in [-0.15, -0.1) is 0 Å². The number of anilines is 1. The van der Waals surface area contributed by atoms with Crippen LogP contribution in [0.15, 0.2) is 12.1 Å². The van der Waals surface area contributed by atoms with Crippen LogP contribution in [0.25, 0.3) is 0 Å². The maximum atomic E-state index is 12.9. The first kappa shape index (κ1) is 8.12. The van der Waals surface area contributed by atoms with E-state index in [1.165, 1.54) is 0 Å². The SMILES string of the molecule is O=C1Nc2c(F)cc(F)cc2C1O. The second-order valence-electron chi connectivity index (χ2n) is 2.74. The fraction of sp³-hybridized carbons (Fsp3) is 0.125. The Morgan fingerprint density at radius 3 is 2.77 bits per heavy atom. The summed E-state index contributed by atoms with van der Waals surface area (Å²) in [6.45, 7) is 0. The molecule has 13 heavy (non-hydrogen) atoms. The van der Waals surface area contributed by atoms with E-state index in [2.05, 4.69) is 5.32 Å². The lowest BCUT2D eigenvalue weighted by molar-refractivity contribution is -0.123. The van der Waals surface area contributed by atoms with Gasteiger partial charge in [0.05, 0.1) is 5.69 Å². The van der Waals surface area contributed by atoms with Gasteiger partial charge in [-0.25, -0.2) is 8.78 Å². The quantitative estimate of drug-likeness (QED) is 0.632. The molecule has 0 aliphatic carbocycles. The van der Waals surface area contributed by atoms with Gasteiger partial charge in [-0.3, -0.25) is 4.79 Å². The van der Waals surface area contributed by atoms with E-state index >= 15 is 0 Å². The minimum absolute atomic E-state index is 0.0532. The number of halogens is 2. The van der Waals surface area contributed by atoms with Crippen LogP contribution in [0.2, 0.25) is 0 Å². The van der Waals surface area contributed by atoms with Crippen molar-refractivity contribution in [2.75, 3.05) is 5.32 Å². The lowest BCUT2D eigenvalue weighted by atomic mass is 10.1. The molecule has 1 aromatic carbocycles. The number of rotatable bonds is 0. The first-order valence-electron chi connectivity index (χ1n) is 3.57. The molecule has 1 heterocycles. The van der Waals surface area contributed by atoms with Gasteiger partial charge in [-0.2, -0.15) is 0 Å². The van der Waals surface area contributed by atoms with E-state index < -0.39 is 23.6 Å². The molecule has 0 radical (unpaired) electrons. The van der Waals surface area contributed by atoms with Crippen molar-refractivity contribution in [3.05, 3.63) is 29.3 Å². The van der Waals surface area contributed by atoms with Gasteiger partial charge >= 0.3 is 0 Å². The summed E-state index contributed by atoms with van der Waals surface area (Å²) in [6, 6.07) is 1.58. The predicted octanol–water partition coefficient (Wildman–Crippen LogP) is 0.950. The molecule has 68 valence electrons. The van der Waals surface area contributed by atoms with E-state index in [-0.39, 0.29) is 11.3 Å². The van der Waals surface area contributed by atoms with Crippen LogP contribution in [0.1, 0.15) is 11.7 Å². The summed E-state index contributed by atoms with van der Waals surface area (Å²) in [7, 11) is 0. The number of aliphatic hydroxyl groups excluding tert-OH is 1. The molecule has 0 fully saturated rings. The molecule has 0 saturated heterocycles. The average molecular weight is 185 g/mol. The molecular formula is C8H5F2NO2. The van der Waals surface area contributed by atoms with Crippen molar-refractivity contribution in [1.29, 1.82) is 0 Å². The Kier molecular flexibility index (Phi) is 1.56. The highest BCUT2D eigenvalue weighted by atomic mass is 19.1. The molecule has 1 aliphatic rings. The zero-order valence-electron chi connectivity index (χ0n) is 6.34. The van der Waals surface area contributed by atoms with Crippen LogP contribution in [0.4, 0.5) is 14.5 Å². The zero-order valence-corrected chi connectivity index (χ0v) is 6.34. The number of benzene rings is 1. The fourth-order valence-electron chi connectivity index (χ4n) is 1.27. The highest BCUT2D eigenvalue weighted by Gasteiger charge is 2.31. The smallest absolute Gasteiger partial charge is 0.258 e. The molecule has 1 amide bonds. The number of aliphatic hydroxyl groups is 1. The van der Waals surface area contributed by atoms with E-state index in [0.717, 1.165) is 6.07 Å². The second-order valence-corrected chi connectivity index (χ2v) is 2.74. The third kappa shape index (κ3) is 1.08.